The van der Waals surface area contributed by atoms with Gasteiger partial charge in [0, 0.05) is 37.6 Å². The molecule has 110 valence electrons. The highest BCUT2D eigenvalue weighted by molar-refractivity contribution is 5.51. The van der Waals surface area contributed by atoms with E-state index in [4.69, 9.17) is 0 Å². The molecule has 20 heavy (non-hydrogen) atoms. The molecule has 2 heterocycles. The molecule has 0 aliphatic carbocycles. The van der Waals surface area contributed by atoms with E-state index in [9.17, 15) is 0 Å². The number of likely N-dealkylation sites (N-methyl/N-ethyl adjacent to an activating group) is 3. The normalized spacial score (nSPS) is 23.7. The van der Waals surface area contributed by atoms with Gasteiger partial charge in [-0.05, 0) is 39.0 Å². The first-order valence-corrected chi connectivity index (χ1v) is 7.40. The van der Waals surface area contributed by atoms with Gasteiger partial charge in [0.15, 0.2) is 0 Å². The zero-order chi connectivity index (χ0) is 14.9. The molecule has 0 aromatic rings. The Balaban J connectivity index is 2.54. The highest BCUT2D eigenvalue weighted by atomic mass is 15.3. The average Bonchev–Trinajstić information content (AvgIpc) is 2.38. The van der Waals surface area contributed by atoms with E-state index in [1.165, 1.54) is 28.1 Å². The Bertz CT molecular complexity index is 508. The summed E-state index contributed by atoms with van der Waals surface area (Å²) < 4.78 is 0. The van der Waals surface area contributed by atoms with Crippen LogP contribution in [0.2, 0.25) is 0 Å². The quantitative estimate of drug-likeness (QED) is 0.853. The Morgan fingerprint density at radius 3 is 2.60 bits per heavy atom. The summed E-state index contributed by atoms with van der Waals surface area (Å²) in [6, 6.07) is 0. The van der Waals surface area contributed by atoms with Crippen LogP contribution in [0.5, 0.6) is 0 Å². The maximum absolute atomic E-state index is 3.35. The molecule has 0 saturated heterocycles. The summed E-state index contributed by atoms with van der Waals surface area (Å²) in [4.78, 5) is 4.72. The van der Waals surface area contributed by atoms with Crippen molar-refractivity contribution < 1.29 is 0 Å². The van der Waals surface area contributed by atoms with Crippen LogP contribution >= 0.6 is 0 Å². The molecular formula is C17H27N3. The summed E-state index contributed by atoms with van der Waals surface area (Å²) in [5.41, 5.74) is 6.91. The van der Waals surface area contributed by atoms with Crippen molar-refractivity contribution in [1.29, 1.82) is 0 Å². The lowest BCUT2D eigenvalue weighted by Crippen LogP contribution is -2.42. The van der Waals surface area contributed by atoms with Crippen LogP contribution in [0.1, 0.15) is 27.2 Å². The maximum Gasteiger partial charge on any atom is 0.0984 e. The number of nitrogens with one attached hydrogen (secondary N) is 1. The van der Waals surface area contributed by atoms with Gasteiger partial charge in [0.25, 0.3) is 0 Å². The summed E-state index contributed by atoms with van der Waals surface area (Å²) in [5, 5.41) is 3.35. The molecule has 0 fully saturated rings. The van der Waals surface area contributed by atoms with Crippen LogP contribution in [0.3, 0.4) is 0 Å². The summed E-state index contributed by atoms with van der Waals surface area (Å²) >= 11 is 0. The van der Waals surface area contributed by atoms with Crippen molar-refractivity contribution in [2.75, 3.05) is 27.7 Å². The van der Waals surface area contributed by atoms with Gasteiger partial charge in [0.1, 0.15) is 0 Å². The second-order valence-electron chi connectivity index (χ2n) is 5.80. The van der Waals surface area contributed by atoms with Crippen LogP contribution in [0.15, 0.2) is 46.3 Å². The maximum atomic E-state index is 3.35. The molecule has 0 saturated carbocycles. The van der Waals surface area contributed by atoms with Gasteiger partial charge in [-0.2, -0.15) is 0 Å². The first-order chi connectivity index (χ1) is 9.49. The molecule has 3 nitrogen and oxygen atoms in total. The fourth-order valence-electron chi connectivity index (χ4n) is 3.27. The molecule has 1 unspecified atom stereocenters. The first-order valence-electron chi connectivity index (χ1n) is 7.40. The second kappa shape index (κ2) is 5.88. The van der Waals surface area contributed by atoms with Gasteiger partial charge >= 0.3 is 0 Å². The number of hydrogen-bond acceptors (Lipinski definition) is 3. The third-order valence-corrected chi connectivity index (χ3v) is 4.21. The standard InChI is InChI=1S/C17H27N3/c1-7-15-14(10-12(2)11-19(15)5)17-13(3)8-9-16(18-4)20(17)6/h8-10,16,18H,7,11H2,1-6H3. The Hall–Kier alpha value is -1.48. The summed E-state index contributed by atoms with van der Waals surface area (Å²) in [6.07, 6.45) is 8.14. The van der Waals surface area contributed by atoms with Gasteiger partial charge in [0.05, 0.1) is 6.17 Å². The number of rotatable bonds is 3. The van der Waals surface area contributed by atoms with E-state index in [2.05, 4.69) is 68.2 Å². The van der Waals surface area contributed by atoms with Gasteiger partial charge in [0.2, 0.25) is 0 Å². The lowest BCUT2D eigenvalue weighted by atomic mass is 9.94. The highest BCUT2D eigenvalue weighted by Crippen LogP contribution is 2.33. The van der Waals surface area contributed by atoms with Crippen LogP contribution in [0, 0.1) is 0 Å². The molecule has 0 aromatic heterocycles. The van der Waals surface area contributed by atoms with Crippen molar-refractivity contribution in [1.82, 2.24) is 15.1 Å². The molecule has 1 atom stereocenters. The number of allylic oxidation sites excluding steroid dienone is 4. The molecule has 0 aromatic carbocycles. The van der Waals surface area contributed by atoms with Crippen molar-refractivity contribution in [2.45, 2.75) is 33.4 Å². The predicted octanol–water partition coefficient (Wildman–Crippen LogP) is 2.86. The van der Waals surface area contributed by atoms with E-state index in [1.54, 1.807) is 0 Å². The molecule has 0 spiro atoms. The Morgan fingerprint density at radius 1 is 1.30 bits per heavy atom. The number of hydrogen-bond donors (Lipinski definition) is 1. The molecule has 3 heteroatoms. The van der Waals surface area contributed by atoms with Crippen LogP contribution in [0.25, 0.3) is 0 Å². The molecule has 2 aliphatic heterocycles. The molecule has 2 aliphatic rings. The first kappa shape index (κ1) is 14.9. The Morgan fingerprint density at radius 2 is 2.00 bits per heavy atom. The molecule has 2 rings (SSSR count). The van der Waals surface area contributed by atoms with Crippen molar-refractivity contribution >= 4 is 0 Å². The number of nitrogens with zero attached hydrogens (tertiary/aromatic N) is 2. The van der Waals surface area contributed by atoms with E-state index in [0.717, 1.165) is 13.0 Å². The van der Waals surface area contributed by atoms with Gasteiger partial charge < -0.3 is 9.80 Å². The van der Waals surface area contributed by atoms with E-state index in [0.29, 0.717) is 0 Å². The minimum atomic E-state index is 0.264. The third-order valence-electron chi connectivity index (χ3n) is 4.21. The Kier molecular flexibility index (Phi) is 4.39. The zero-order valence-electron chi connectivity index (χ0n) is 13.6. The van der Waals surface area contributed by atoms with Gasteiger partial charge in [-0.1, -0.05) is 24.6 Å². The molecule has 0 amide bonds. The van der Waals surface area contributed by atoms with E-state index in [1.807, 2.05) is 7.05 Å². The third kappa shape index (κ3) is 2.55. The van der Waals surface area contributed by atoms with Crippen molar-refractivity contribution in [2.24, 2.45) is 0 Å². The van der Waals surface area contributed by atoms with Gasteiger partial charge in [-0.25, -0.2) is 0 Å². The topological polar surface area (TPSA) is 18.5 Å². The van der Waals surface area contributed by atoms with Crippen LogP contribution in [0.4, 0.5) is 0 Å². The fourth-order valence-corrected chi connectivity index (χ4v) is 3.27. The Labute approximate surface area is 123 Å². The fraction of sp³-hybridized carbons (Fsp3) is 0.529. The lowest BCUT2D eigenvalue weighted by molar-refractivity contribution is 0.313. The minimum Gasteiger partial charge on any atom is -0.373 e. The molecule has 0 bridgehead atoms. The SMILES string of the molecule is CCC1=C(C2=C(C)C=CC(NC)N2C)C=C(C)CN1C. The summed E-state index contributed by atoms with van der Waals surface area (Å²) in [7, 11) is 6.37. The minimum absolute atomic E-state index is 0.264. The van der Waals surface area contributed by atoms with E-state index in [-0.39, 0.29) is 6.17 Å². The van der Waals surface area contributed by atoms with Crippen molar-refractivity contribution in [3.63, 3.8) is 0 Å². The van der Waals surface area contributed by atoms with Crippen LogP contribution in [-0.2, 0) is 0 Å². The van der Waals surface area contributed by atoms with E-state index < -0.39 is 0 Å². The monoisotopic (exact) mass is 273 g/mol. The second-order valence-corrected chi connectivity index (χ2v) is 5.80. The van der Waals surface area contributed by atoms with Crippen molar-refractivity contribution in [3.05, 3.63) is 46.3 Å². The highest BCUT2D eigenvalue weighted by Gasteiger charge is 2.25. The van der Waals surface area contributed by atoms with Crippen LogP contribution < -0.4 is 5.32 Å². The van der Waals surface area contributed by atoms with Gasteiger partial charge in [-0.15, -0.1) is 0 Å². The largest absolute Gasteiger partial charge is 0.373 e. The predicted molar refractivity (Wildman–Crippen MR) is 86.2 cm³/mol. The molecule has 1 N–H and O–H groups in total. The molecular weight excluding hydrogens is 246 g/mol. The zero-order valence-corrected chi connectivity index (χ0v) is 13.6. The van der Waals surface area contributed by atoms with Gasteiger partial charge in [-0.3, -0.25) is 5.32 Å². The van der Waals surface area contributed by atoms with E-state index >= 15 is 0 Å². The van der Waals surface area contributed by atoms with Crippen LogP contribution in [-0.4, -0.2) is 43.7 Å². The molecule has 0 radical (unpaired) electrons. The summed E-state index contributed by atoms with van der Waals surface area (Å²) in [6.45, 7) is 7.69. The summed E-state index contributed by atoms with van der Waals surface area (Å²) in [5.74, 6) is 0. The van der Waals surface area contributed by atoms with Crippen molar-refractivity contribution in [3.8, 4) is 0 Å². The lowest BCUT2D eigenvalue weighted by Gasteiger charge is -2.38. The smallest absolute Gasteiger partial charge is 0.0984 e. The average molecular weight is 273 g/mol.